The van der Waals surface area contributed by atoms with E-state index in [0.717, 1.165) is 0 Å². The molecule has 0 aromatic rings. The summed E-state index contributed by atoms with van der Waals surface area (Å²) in [7, 11) is 0. The molecule has 41 heavy (non-hydrogen) atoms. The Morgan fingerprint density at radius 2 is 1.44 bits per heavy atom. The number of hydrogen-bond donors (Lipinski definition) is 12. The molecule has 4 rings (SSSR count). The molecule has 0 aromatic heterocycles. The first-order chi connectivity index (χ1) is 19.3. The molecule has 15 N–H and O–H groups in total. The van der Waals surface area contributed by atoms with Crippen molar-refractivity contribution in [2.24, 2.45) is 23.1 Å². The molecule has 4 aliphatic heterocycles. The number of hydrogen-bond acceptors (Lipinski definition) is 18. The summed E-state index contributed by atoms with van der Waals surface area (Å²) < 4.78 is 28.4. The van der Waals surface area contributed by atoms with E-state index in [2.05, 4.69) is 5.32 Å². The number of carbonyl (C=O) groups is 2. The summed E-state index contributed by atoms with van der Waals surface area (Å²) in [6, 6.07) is -4.64. The highest BCUT2D eigenvalue weighted by molar-refractivity contribution is 6.04. The zero-order valence-corrected chi connectivity index (χ0v) is 21.7. The van der Waals surface area contributed by atoms with Crippen LogP contribution in [0.25, 0.3) is 0 Å². The number of carbonyl (C=O) groups excluding carboxylic acids is 2. The average Bonchev–Trinajstić information content (AvgIpc) is 3.30. The van der Waals surface area contributed by atoms with Crippen LogP contribution < -0.4 is 22.5 Å². The van der Waals surface area contributed by atoms with Crippen molar-refractivity contribution in [2.45, 2.75) is 97.8 Å². The molecule has 3 unspecified atom stereocenters. The fraction of sp³-hybridized carbons (Fsp3) is 0.909. The number of nitrogens with two attached hydrogens (primary N) is 3. The minimum absolute atomic E-state index is 0.552. The maximum atomic E-state index is 12.9. The van der Waals surface area contributed by atoms with E-state index in [1.165, 1.54) is 0 Å². The Balaban J connectivity index is 1.68. The molecule has 4 fully saturated rings. The van der Waals surface area contributed by atoms with Gasteiger partial charge in [0.25, 0.3) is 0 Å². The molecule has 4 heterocycles. The molecular formula is C22H38N4O15. The lowest BCUT2D eigenvalue weighted by Gasteiger charge is -2.55. The lowest BCUT2D eigenvalue weighted by Crippen LogP contribution is -2.76. The van der Waals surface area contributed by atoms with Crippen molar-refractivity contribution in [3.05, 3.63) is 0 Å². The molecule has 236 valence electrons. The van der Waals surface area contributed by atoms with Crippen LogP contribution in [0, 0.1) is 5.92 Å². The lowest BCUT2D eigenvalue weighted by molar-refractivity contribution is -0.397. The van der Waals surface area contributed by atoms with E-state index in [1.807, 2.05) is 0 Å². The van der Waals surface area contributed by atoms with Gasteiger partial charge >= 0.3 is 0 Å². The van der Waals surface area contributed by atoms with E-state index >= 15 is 0 Å². The van der Waals surface area contributed by atoms with Crippen molar-refractivity contribution in [1.29, 1.82) is 0 Å². The molecule has 0 bridgehead atoms. The van der Waals surface area contributed by atoms with E-state index in [0.29, 0.717) is 0 Å². The fourth-order valence-corrected chi connectivity index (χ4v) is 5.58. The van der Waals surface area contributed by atoms with Crippen LogP contribution in [0.1, 0.15) is 6.42 Å². The molecule has 0 saturated carbocycles. The van der Waals surface area contributed by atoms with Crippen molar-refractivity contribution in [2.75, 3.05) is 19.8 Å². The molecule has 4 aliphatic rings. The molecule has 19 heteroatoms. The fourth-order valence-electron chi connectivity index (χ4n) is 5.58. The molecule has 0 radical (unpaired) electrons. The van der Waals surface area contributed by atoms with Gasteiger partial charge in [0.15, 0.2) is 18.4 Å². The number of rotatable bonds is 8. The standard InChI is InChI=1S/C22H38N4O15/c23-10-14(33)17(7(3-28)37-20(10)36)41-22(5-1-9(30)26-19(5)35)18(25)15(34)16(8(4-29)40-22)39-21-11(24)13(32)12(31)6(2-27)38-21/h5-8,10-18,20-21,27-29,31-34,36H,1-4,23-25H2,(H,26,30,35)/t5?,6-,7-,8-,10-,11-,12-,13-,14-,15+,16?,17?,18-,20-,21+,22+/m1/s1. The number of imide groups is 1. The van der Waals surface area contributed by atoms with Gasteiger partial charge < -0.3 is 81.7 Å². The van der Waals surface area contributed by atoms with Crippen molar-refractivity contribution in [3.63, 3.8) is 0 Å². The molecular weight excluding hydrogens is 560 g/mol. The van der Waals surface area contributed by atoms with Crippen LogP contribution in [0.5, 0.6) is 0 Å². The minimum atomic E-state index is -2.48. The summed E-state index contributed by atoms with van der Waals surface area (Å²) in [6.07, 6.45) is -18.2. The van der Waals surface area contributed by atoms with Gasteiger partial charge in [-0.3, -0.25) is 14.9 Å². The highest BCUT2D eigenvalue weighted by Gasteiger charge is 2.64. The number of amides is 2. The Bertz CT molecular complexity index is 945. The van der Waals surface area contributed by atoms with Crippen LogP contribution >= 0.6 is 0 Å². The SMILES string of the molecule is N[C@H]1[C@H](OC2[C@@H](CO)O[C@](OC3[C@@H](CO)O[C@@H](O)[C@H](N)[C@H]3O)(C3CC(=O)NC3=O)[C@H](N)[C@H]2O)O[C@H](CO)[C@@H](O)[C@@H]1O. The largest absolute Gasteiger partial charge is 0.394 e. The number of aliphatic hydroxyl groups is 8. The number of ether oxygens (including phenoxy) is 5. The number of nitrogens with one attached hydrogen (secondary N) is 1. The van der Waals surface area contributed by atoms with Gasteiger partial charge in [-0.15, -0.1) is 0 Å². The van der Waals surface area contributed by atoms with Crippen LogP contribution in [0.2, 0.25) is 0 Å². The monoisotopic (exact) mass is 598 g/mol. The van der Waals surface area contributed by atoms with Crippen molar-refractivity contribution in [1.82, 2.24) is 5.32 Å². The van der Waals surface area contributed by atoms with Crippen molar-refractivity contribution >= 4 is 11.8 Å². The topological polar surface area (TPSA) is 332 Å². The van der Waals surface area contributed by atoms with Crippen LogP contribution in [-0.4, -0.2) is 164 Å². The van der Waals surface area contributed by atoms with Gasteiger partial charge in [-0.05, 0) is 0 Å². The summed E-state index contributed by atoms with van der Waals surface area (Å²) >= 11 is 0. The van der Waals surface area contributed by atoms with Gasteiger partial charge in [0.2, 0.25) is 11.8 Å². The highest BCUT2D eigenvalue weighted by Crippen LogP contribution is 2.43. The molecule has 2 amide bonds. The predicted octanol–water partition coefficient (Wildman–Crippen LogP) is -8.64. The summed E-state index contributed by atoms with van der Waals surface area (Å²) in [5.41, 5.74) is 18.1. The average molecular weight is 599 g/mol. The maximum absolute atomic E-state index is 12.9. The van der Waals surface area contributed by atoms with E-state index in [9.17, 15) is 50.4 Å². The first-order valence-corrected chi connectivity index (χ1v) is 13.0. The second-order valence-corrected chi connectivity index (χ2v) is 10.5. The van der Waals surface area contributed by atoms with Crippen molar-refractivity contribution in [3.8, 4) is 0 Å². The second-order valence-electron chi connectivity index (χ2n) is 10.5. The molecule has 16 atom stereocenters. The molecule has 0 aliphatic carbocycles. The van der Waals surface area contributed by atoms with Crippen LogP contribution in [0.15, 0.2) is 0 Å². The third-order valence-electron chi connectivity index (χ3n) is 7.97. The van der Waals surface area contributed by atoms with Gasteiger partial charge in [-0.1, -0.05) is 0 Å². The summed E-state index contributed by atoms with van der Waals surface area (Å²) in [5.74, 6) is -5.71. The molecule has 19 nitrogen and oxygen atoms in total. The highest BCUT2D eigenvalue weighted by atomic mass is 16.8. The van der Waals surface area contributed by atoms with Gasteiger partial charge in [-0.2, -0.15) is 0 Å². The Labute approximate surface area is 232 Å². The third kappa shape index (κ3) is 5.74. The number of aliphatic hydroxyl groups excluding tert-OH is 8. The normalized spacial score (nSPS) is 51.0. The Morgan fingerprint density at radius 3 is 2.00 bits per heavy atom. The third-order valence-corrected chi connectivity index (χ3v) is 7.97. The van der Waals surface area contributed by atoms with Crippen LogP contribution in [0.4, 0.5) is 0 Å². The summed E-state index contributed by atoms with van der Waals surface area (Å²) in [4.78, 5) is 25.0. The van der Waals surface area contributed by atoms with Crippen LogP contribution in [0.3, 0.4) is 0 Å². The predicted molar refractivity (Wildman–Crippen MR) is 127 cm³/mol. The smallest absolute Gasteiger partial charge is 0.235 e. The van der Waals surface area contributed by atoms with E-state index in [1.54, 1.807) is 0 Å². The summed E-state index contributed by atoms with van der Waals surface area (Å²) in [5, 5.41) is 84.1. The molecule has 0 aromatic carbocycles. The van der Waals surface area contributed by atoms with Gasteiger partial charge in [-0.25, -0.2) is 0 Å². The minimum Gasteiger partial charge on any atom is -0.394 e. The Kier molecular flexibility index (Phi) is 9.98. The second kappa shape index (κ2) is 12.6. The quantitative estimate of drug-likeness (QED) is 0.115. The van der Waals surface area contributed by atoms with E-state index in [-0.39, 0.29) is 0 Å². The maximum Gasteiger partial charge on any atom is 0.235 e. The molecule has 0 spiro atoms. The van der Waals surface area contributed by atoms with E-state index < -0.39 is 135 Å². The van der Waals surface area contributed by atoms with Gasteiger partial charge in [0.1, 0.15) is 60.9 Å². The summed E-state index contributed by atoms with van der Waals surface area (Å²) in [6.45, 7) is -2.46. The molecule has 4 saturated heterocycles. The lowest BCUT2D eigenvalue weighted by atomic mass is 9.81. The zero-order valence-electron chi connectivity index (χ0n) is 21.7. The Hall–Kier alpha value is -1.50. The van der Waals surface area contributed by atoms with Gasteiger partial charge in [0.05, 0.1) is 37.9 Å². The van der Waals surface area contributed by atoms with Gasteiger partial charge in [0, 0.05) is 6.42 Å². The first kappa shape index (κ1) is 32.4. The van der Waals surface area contributed by atoms with Crippen LogP contribution in [-0.2, 0) is 33.3 Å². The van der Waals surface area contributed by atoms with E-state index in [4.69, 9.17) is 40.9 Å². The zero-order chi connectivity index (χ0) is 30.4. The van der Waals surface area contributed by atoms with Crippen molar-refractivity contribution < 1.29 is 74.1 Å². The Morgan fingerprint density at radius 1 is 0.805 bits per heavy atom. The first-order valence-electron chi connectivity index (χ1n) is 13.0.